The number of Topliss-reactive ketones (excluding diaryl/α,β-unsaturated/α-hetero) is 1. The van der Waals surface area contributed by atoms with Crippen LogP contribution in [0.4, 0.5) is 5.69 Å². The van der Waals surface area contributed by atoms with Crippen molar-refractivity contribution in [2.45, 2.75) is 58.4 Å². The van der Waals surface area contributed by atoms with Crippen molar-refractivity contribution < 1.29 is 9.59 Å². The minimum atomic E-state index is -0.529. The number of amides is 1. The number of fused-ring (bicyclic) bond motifs is 1. The summed E-state index contributed by atoms with van der Waals surface area (Å²) in [6.07, 6.45) is 2.50. The third kappa shape index (κ3) is 3.05. The maximum Gasteiger partial charge on any atom is 0.230 e. The van der Waals surface area contributed by atoms with E-state index in [1.807, 2.05) is 17.0 Å². The summed E-state index contributed by atoms with van der Waals surface area (Å²) in [5.74, 6) is 0.195. The molecule has 0 saturated carbocycles. The Bertz CT molecular complexity index is 578. The summed E-state index contributed by atoms with van der Waals surface area (Å²) in [6.45, 7) is 7.85. The van der Waals surface area contributed by atoms with Crippen LogP contribution in [0.2, 0.25) is 0 Å². The van der Waals surface area contributed by atoms with Gasteiger partial charge in [-0.25, -0.2) is 0 Å². The molecule has 1 aliphatic rings. The number of hydrogen-bond donors (Lipinski definition) is 0. The van der Waals surface area contributed by atoms with E-state index in [-0.39, 0.29) is 23.7 Å². The lowest BCUT2D eigenvalue weighted by Crippen LogP contribution is -2.39. The second-order valence-corrected chi connectivity index (χ2v) is 6.75. The number of ketones is 1. The van der Waals surface area contributed by atoms with Gasteiger partial charge in [0.05, 0.1) is 5.38 Å². The van der Waals surface area contributed by atoms with Crippen LogP contribution in [-0.4, -0.2) is 23.1 Å². The van der Waals surface area contributed by atoms with Crippen LogP contribution in [0.5, 0.6) is 0 Å². The minimum Gasteiger partial charge on any atom is -0.309 e. The maximum absolute atomic E-state index is 12.7. The fraction of sp³-hybridized carbons (Fsp3) is 0.556. The molecule has 1 amide bonds. The molecular formula is C18H24ClNO2. The molecule has 2 unspecified atom stereocenters. The van der Waals surface area contributed by atoms with Crippen LogP contribution < -0.4 is 4.90 Å². The molecule has 4 heteroatoms. The fourth-order valence-electron chi connectivity index (χ4n) is 3.18. The van der Waals surface area contributed by atoms with Crippen molar-refractivity contribution in [2.24, 2.45) is 5.92 Å². The highest BCUT2D eigenvalue weighted by molar-refractivity contribution is 6.33. The van der Waals surface area contributed by atoms with Gasteiger partial charge in [0.2, 0.25) is 5.91 Å². The number of alkyl halides is 1. The lowest BCUT2D eigenvalue weighted by molar-refractivity contribution is -0.122. The highest BCUT2D eigenvalue weighted by atomic mass is 35.5. The maximum atomic E-state index is 12.7. The molecule has 0 spiro atoms. The third-order valence-electron chi connectivity index (χ3n) is 4.51. The predicted molar refractivity (Wildman–Crippen MR) is 90.8 cm³/mol. The first-order chi connectivity index (χ1) is 10.4. The van der Waals surface area contributed by atoms with Crippen LogP contribution >= 0.6 is 11.6 Å². The van der Waals surface area contributed by atoms with Crippen molar-refractivity contribution >= 4 is 29.0 Å². The summed E-state index contributed by atoms with van der Waals surface area (Å²) in [7, 11) is 0. The Balaban J connectivity index is 2.34. The normalized spacial score (nSPS) is 18.5. The molecule has 3 nitrogen and oxygen atoms in total. The van der Waals surface area contributed by atoms with Gasteiger partial charge in [-0.3, -0.25) is 9.59 Å². The van der Waals surface area contributed by atoms with Crippen LogP contribution in [0.1, 0.15) is 56.5 Å². The van der Waals surface area contributed by atoms with Crippen molar-refractivity contribution in [1.29, 1.82) is 0 Å². The molecule has 22 heavy (non-hydrogen) atoms. The zero-order valence-corrected chi connectivity index (χ0v) is 14.5. The summed E-state index contributed by atoms with van der Waals surface area (Å²) < 4.78 is 0. The van der Waals surface area contributed by atoms with E-state index in [4.69, 9.17) is 11.6 Å². The number of carbonyl (C=O) groups is 2. The van der Waals surface area contributed by atoms with Crippen LogP contribution in [0.15, 0.2) is 18.2 Å². The molecule has 120 valence electrons. The largest absolute Gasteiger partial charge is 0.309 e. The highest BCUT2D eigenvalue weighted by Gasteiger charge is 2.34. The Morgan fingerprint density at radius 1 is 1.32 bits per heavy atom. The molecule has 0 fully saturated rings. The summed E-state index contributed by atoms with van der Waals surface area (Å²) in [6, 6.07) is 5.71. The number of anilines is 1. The van der Waals surface area contributed by atoms with Gasteiger partial charge in [0.15, 0.2) is 5.78 Å². The van der Waals surface area contributed by atoms with Crippen LogP contribution in [-0.2, 0) is 11.2 Å². The second kappa shape index (κ2) is 6.82. The van der Waals surface area contributed by atoms with Gasteiger partial charge in [-0.05, 0) is 56.9 Å². The van der Waals surface area contributed by atoms with Crippen molar-refractivity contribution in [3.63, 3.8) is 0 Å². The van der Waals surface area contributed by atoms with Crippen LogP contribution in [0.3, 0.4) is 0 Å². The zero-order valence-electron chi connectivity index (χ0n) is 13.7. The van der Waals surface area contributed by atoms with E-state index in [9.17, 15) is 9.59 Å². The molecule has 1 aromatic carbocycles. The van der Waals surface area contributed by atoms with Crippen molar-refractivity contribution in [3.05, 3.63) is 29.3 Å². The molecule has 1 aromatic rings. The first-order valence-corrected chi connectivity index (χ1v) is 8.48. The molecule has 2 atom stereocenters. The average Bonchev–Trinajstić information content (AvgIpc) is 2.82. The van der Waals surface area contributed by atoms with Gasteiger partial charge in [-0.1, -0.05) is 13.8 Å². The lowest BCUT2D eigenvalue weighted by Gasteiger charge is -2.26. The van der Waals surface area contributed by atoms with E-state index in [1.165, 1.54) is 0 Å². The Labute approximate surface area is 137 Å². The zero-order chi connectivity index (χ0) is 16.4. The summed E-state index contributed by atoms with van der Waals surface area (Å²) in [5, 5.41) is -0.529. The second-order valence-electron chi connectivity index (χ2n) is 6.10. The van der Waals surface area contributed by atoms with Gasteiger partial charge < -0.3 is 4.90 Å². The van der Waals surface area contributed by atoms with Crippen molar-refractivity contribution in [1.82, 2.24) is 0 Å². The van der Waals surface area contributed by atoms with E-state index < -0.39 is 5.38 Å². The SMILES string of the molecule is CCC(CC)C(=O)N1c2ccc(C(=O)C(C)Cl)cc2CC1C. The molecule has 0 aliphatic carbocycles. The van der Waals surface area contributed by atoms with Gasteiger partial charge in [-0.2, -0.15) is 0 Å². The summed E-state index contributed by atoms with van der Waals surface area (Å²) >= 11 is 5.89. The molecule has 0 radical (unpaired) electrons. The predicted octanol–water partition coefficient (Wildman–Crippen LogP) is 4.21. The number of halogens is 1. The molecular weight excluding hydrogens is 298 g/mol. The standard InChI is InChI=1S/C18H24ClNO2/c1-5-13(6-2)18(22)20-11(3)9-15-10-14(7-8-16(15)20)17(21)12(4)19/h7-8,10-13H,5-6,9H2,1-4H3. The van der Waals surface area contributed by atoms with Crippen molar-refractivity contribution in [3.8, 4) is 0 Å². The van der Waals surface area contributed by atoms with Crippen LogP contribution in [0, 0.1) is 5.92 Å². The minimum absolute atomic E-state index is 0.0672. The highest BCUT2D eigenvalue weighted by Crippen LogP contribution is 2.35. The van der Waals surface area contributed by atoms with E-state index in [1.54, 1.807) is 13.0 Å². The molecule has 0 saturated heterocycles. The summed E-state index contributed by atoms with van der Waals surface area (Å²) in [4.78, 5) is 26.7. The number of carbonyl (C=O) groups excluding carboxylic acids is 2. The molecule has 0 N–H and O–H groups in total. The van der Waals surface area contributed by atoms with Gasteiger partial charge in [0.25, 0.3) is 0 Å². The number of rotatable bonds is 5. The quantitative estimate of drug-likeness (QED) is 0.601. The molecule has 0 bridgehead atoms. The molecule has 0 aromatic heterocycles. The van der Waals surface area contributed by atoms with Crippen LogP contribution in [0.25, 0.3) is 0 Å². The van der Waals surface area contributed by atoms with Gasteiger partial charge >= 0.3 is 0 Å². The first-order valence-electron chi connectivity index (χ1n) is 8.04. The summed E-state index contributed by atoms with van der Waals surface area (Å²) in [5.41, 5.74) is 2.64. The van der Waals surface area contributed by atoms with E-state index in [0.717, 1.165) is 30.5 Å². The lowest BCUT2D eigenvalue weighted by atomic mass is 10.0. The Morgan fingerprint density at radius 2 is 1.95 bits per heavy atom. The monoisotopic (exact) mass is 321 g/mol. The van der Waals surface area contributed by atoms with Crippen molar-refractivity contribution in [2.75, 3.05) is 4.90 Å². The number of benzene rings is 1. The first kappa shape index (κ1) is 17.0. The average molecular weight is 322 g/mol. The molecule has 1 aliphatic heterocycles. The Morgan fingerprint density at radius 3 is 2.50 bits per heavy atom. The third-order valence-corrected chi connectivity index (χ3v) is 4.71. The fourth-order valence-corrected chi connectivity index (χ4v) is 3.31. The van der Waals surface area contributed by atoms with E-state index in [2.05, 4.69) is 20.8 Å². The molecule has 1 heterocycles. The number of hydrogen-bond acceptors (Lipinski definition) is 2. The van der Waals surface area contributed by atoms with E-state index in [0.29, 0.717) is 5.56 Å². The van der Waals surface area contributed by atoms with Gasteiger partial charge in [-0.15, -0.1) is 11.6 Å². The smallest absolute Gasteiger partial charge is 0.230 e. The van der Waals surface area contributed by atoms with Gasteiger partial charge in [0.1, 0.15) is 0 Å². The topological polar surface area (TPSA) is 37.4 Å². The molecule has 2 rings (SSSR count). The van der Waals surface area contributed by atoms with Gasteiger partial charge in [0, 0.05) is 23.2 Å². The number of nitrogens with zero attached hydrogens (tertiary/aromatic N) is 1. The Kier molecular flexibility index (Phi) is 5.28. The van der Waals surface area contributed by atoms with E-state index >= 15 is 0 Å². The Hall–Kier alpha value is -1.35.